The Morgan fingerprint density at radius 1 is 0.790 bits per heavy atom. The van der Waals surface area contributed by atoms with Crippen molar-refractivity contribution in [1.82, 2.24) is 30.4 Å². The van der Waals surface area contributed by atoms with E-state index < -0.39 is 30.4 Å². The Balaban J connectivity index is 0.954. The van der Waals surface area contributed by atoms with Crippen LogP contribution in [0.15, 0.2) is 72.4 Å². The summed E-state index contributed by atoms with van der Waals surface area (Å²) in [6.07, 6.45) is 3.72. The zero-order chi connectivity index (χ0) is 43.8. The van der Waals surface area contributed by atoms with Gasteiger partial charge in [0.05, 0.1) is 50.0 Å². The smallest absolute Gasteiger partial charge is 0.407 e. The Morgan fingerprint density at radius 2 is 1.44 bits per heavy atom. The monoisotopic (exact) mass is 843 g/mol. The maximum atomic E-state index is 13.7. The molecule has 324 valence electrons. The van der Waals surface area contributed by atoms with Crippen molar-refractivity contribution < 1.29 is 38.1 Å². The summed E-state index contributed by atoms with van der Waals surface area (Å²) >= 11 is 0. The molecule has 8 rings (SSSR count). The molecule has 5 atom stereocenters. The second kappa shape index (κ2) is 17.5. The first-order valence-electron chi connectivity index (χ1n) is 21.1. The summed E-state index contributed by atoms with van der Waals surface area (Å²) < 4.78 is 21.5. The molecule has 4 aliphatic rings. The highest BCUT2D eigenvalue weighted by Gasteiger charge is 2.40. The number of aromatic nitrogens is 2. The number of likely N-dealkylation sites (tertiary alicyclic amines) is 2. The number of methoxy groups -OCH3 is 3. The highest BCUT2D eigenvalue weighted by atomic mass is 16.5. The number of rotatable bonds is 11. The first kappa shape index (κ1) is 42.2. The largest absolute Gasteiger partial charge is 0.456 e. The van der Waals surface area contributed by atoms with Crippen molar-refractivity contribution in [3.05, 3.63) is 89.9 Å². The molecule has 3 N–H and O–H groups in total. The number of alkyl carbamates (subject to hydrolysis) is 2. The van der Waals surface area contributed by atoms with Crippen molar-refractivity contribution in [1.29, 1.82) is 0 Å². The molecule has 4 amide bonds. The van der Waals surface area contributed by atoms with Crippen molar-refractivity contribution in [3.63, 3.8) is 0 Å². The minimum Gasteiger partial charge on any atom is -0.456 e. The maximum Gasteiger partial charge on any atom is 0.407 e. The van der Waals surface area contributed by atoms with Crippen LogP contribution < -0.4 is 15.4 Å². The summed E-state index contributed by atoms with van der Waals surface area (Å²) in [6.45, 7) is 11.2. The number of hydrogen-bond acceptors (Lipinski definition) is 10. The minimum atomic E-state index is -0.916. The molecule has 1 aromatic heterocycles. The van der Waals surface area contributed by atoms with Crippen molar-refractivity contribution in [3.8, 4) is 33.9 Å². The second-order valence-corrected chi connectivity index (χ2v) is 16.6. The Morgan fingerprint density at radius 3 is 2.15 bits per heavy atom. The molecule has 2 fully saturated rings. The molecular weight excluding hydrogens is 791 g/mol. The van der Waals surface area contributed by atoms with Crippen molar-refractivity contribution in [2.24, 2.45) is 10.9 Å². The number of imidazole rings is 1. The van der Waals surface area contributed by atoms with Crippen LogP contribution in [0.5, 0.6) is 11.5 Å². The molecule has 62 heavy (non-hydrogen) atoms. The lowest BCUT2D eigenvalue weighted by Crippen LogP contribution is -2.54. The number of nitrogens with one attached hydrogen (secondary N) is 3. The van der Waals surface area contributed by atoms with Gasteiger partial charge in [0.2, 0.25) is 11.8 Å². The number of H-pyrrole nitrogens is 1. The quantitative estimate of drug-likeness (QED) is 0.123. The zero-order valence-corrected chi connectivity index (χ0v) is 35.9. The topological polar surface area (TPSA) is 177 Å². The summed E-state index contributed by atoms with van der Waals surface area (Å²) in [5.74, 6) is 1.58. The van der Waals surface area contributed by atoms with Crippen molar-refractivity contribution in [2.75, 3.05) is 34.4 Å². The molecule has 5 heterocycles. The predicted molar refractivity (Wildman–Crippen MR) is 233 cm³/mol. The number of hydrogen-bond donors (Lipinski definition) is 3. The van der Waals surface area contributed by atoms with Crippen LogP contribution in [0.2, 0.25) is 0 Å². The number of fused-ring (bicyclic) bond motifs is 3. The highest BCUT2D eigenvalue weighted by molar-refractivity contribution is 6.01. The first-order chi connectivity index (χ1) is 29.9. The van der Waals surface area contributed by atoms with Crippen LogP contribution in [-0.2, 0) is 30.2 Å². The molecule has 4 aromatic rings. The fourth-order valence-corrected chi connectivity index (χ4v) is 9.02. The van der Waals surface area contributed by atoms with Gasteiger partial charge in [-0.25, -0.2) is 14.6 Å². The lowest BCUT2D eigenvalue weighted by molar-refractivity contribution is -0.137. The molecule has 2 saturated heterocycles. The van der Waals surface area contributed by atoms with Gasteiger partial charge in [-0.1, -0.05) is 38.6 Å². The first-order valence-corrected chi connectivity index (χ1v) is 21.1. The van der Waals surface area contributed by atoms with Crippen LogP contribution in [0.3, 0.4) is 0 Å². The van der Waals surface area contributed by atoms with Gasteiger partial charge in [0.25, 0.3) is 0 Å². The van der Waals surface area contributed by atoms with Gasteiger partial charge in [0.1, 0.15) is 29.4 Å². The van der Waals surface area contributed by atoms with Crippen molar-refractivity contribution >= 4 is 41.0 Å². The maximum absolute atomic E-state index is 13.7. The van der Waals surface area contributed by atoms with E-state index in [9.17, 15) is 19.2 Å². The van der Waals surface area contributed by atoms with E-state index in [1.54, 1.807) is 18.0 Å². The number of carbonyl (C=O) groups excluding carboxylic acids is 4. The molecule has 0 saturated carbocycles. The fourth-order valence-electron chi connectivity index (χ4n) is 9.02. The van der Waals surface area contributed by atoms with Gasteiger partial charge in [0, 0.05) is 49.0 Å². The Kier molecular flexibility index (Phi) is 11.9. The van der Waals surface area contributed by atoms with E-state index >= 15 is 0 Å². The molecule has 0 radical (unpaired) electrons. The Labute approximate surface area is 360 Å². The lowest BCUT2D eigenvalue weighted by atomic mass is 9.91. The van der Waals surface area contributed by atoms with E-state index in [1.807, 2.05) is 55.1 Å². The van der Waals surface area contributed by atoms with Gasteiger partial charge in [-0.2, -0.15) is 0 Å². The number of amides is 4. The summed E-state index contributed by atoms with van der Waals surface area (Å²) in [6, 6.07) is 16.3. The van der Waals surface area contributed by atoms with E-state index in [1.165, 1.54) is 21.3 Å². The van der Waals surface area contributed by atoms with Crippen LogP contribution in [0.1, 0.15) is 75.0 Å². The predicted octanol–water partition coefficient (Wildman–Crippen LogP) is 7.33. The van der Waals surface area contributed by atoms with Gasteiger partial charge in [0.15, 0.2) is 0 Å². The number of aliphatic imine (C=N–C) groups is 1. The molecule has 0 spiro atoms. The standard InChI is InChI=1S/C47H53N7O8/c1-25(2)41(51-46(57)60-6)44(55)53-18-8-10-37(53)35-22-31-20-28(13-16-34(31)49-35)29-12-15-32-26(3)33-21-30(14-17-39(33)62-40(32)23-29)36-24-48-43(50-36)38-11-9-19-54(38)45(56)42(27(4)59-5)52-47(58)61-7/h12-17,20-21,23-25,27,37-38,41-42H,3,8-11,18-19,22H2,1-2,4-7H3,(H,48,50)(H,51,57)(H,52,58)/t27-,37+,38+,41+,42+/m1/s1. The summed E-state index contributed by atoms with van der Waals surface area (Å²) in [5.41, 5.74) is 9.26. The number of benzene rings is 3. The van der Waals surface area contributed by atoms with E-state index in [0.29, 0.717) is 36.8 Å². The van der Waals surface area contributed by atoms with Gasteiger partial charge < -0.3 is 44.4 Å². The van der Waals surface area contributed by atoms with Gasteiger partial charge in [-0.15, -0.1) is 0 Å². The second-order valence-electron chi connectivity index (χ2n) is 16.6. The van der Waals surface area contributed by atoms with E-state index in [0.717, 1.165) is 81.7 Å². The highest BCUT2D eigenvalue weighted by Crippen LogP contribution is 2.46. The molecule has 0 bridgehead atoms. The Hall–Kier alpha value is -6.48. The molecule has 0 unspecified atom stereocenters. The van der Waals surface area contributed by atoms with Gasteiger partial charge in [-0.05, 0) is 97.2 Å². The normalized spacial score (nSPS) is 19.1. The average Bonchev–Trinajstić information content (AvgIpc) is 4.12. The molecule has 4 aliphatic heterocycles. The third-order valence-electron chi connectivity index (χ3n) is 12.5. The third kappa shape index (κ3) is 8.04. The van der Waals surface area contributed by atoms with Crippen LogP contribution in [0.25, 0.3) is 28.0 Å². The van der Waals surface area contributed by atoms with E-state index in [4.69, 9.17) is 28.9 Å². The molecule has 3 aromatic carbocycles. The summed E-state index contributed by atoms with van der Waals surface area (Å²) in [7, 11) is 4.05. The van der Waals surface area contributed by atoms with Crippen LogP contribution >= 0.6 is 0 Å². The number of carbonyl (C=O) groups is 4. The van der Waals surface area contributed by atoms with Crippen LogP contribution in [0, 0.1) is 5.92 Å². The van der Waals surface area contributed by atoms with E-state index in [2.05, 4.69) is 40.4 Å². The van der Waals surface area contributed by atoms with E-state index in [-0.39, 0.29) is 29.8 Å². The minimum absolute atomic E-state index is 0.104. The molecular formula is C47H53N7O8. The molecule has 15 nitrogen and oxygen atoms in total. The van der Waals surface area contributed by atoms with Gasteiger partial charge in [-0.3, -0.25) is 14.6 Å². The molecule has 0 aliphatic carbocycles. The van der Waals surface area contributed by atoms with Crippen LogP contribution in [0.4, 0.5) is 15.3 Å². The zero-order valence-electron chi connectivity index (χ0n) is 35.9. The summed E-state index contributed by atoms with van der Waals surface area (Å²) in [4.78, 5) is 68.3. The third-order valence-corrected chi connectivity index (χ3v) is 12.5. The van der Waals surface area contributed by atoms with Crippen molar-refractivity contribution in [2.45, 2.75) is 83.1 Å². The van der Waals surface area contributed by atoms with Crippen LogP contribution in [-0.4, -0.2) is 108 Å². The molecule has 15 heteroatoms. The summed E-state index contributed by atoms with van der Waals surface area (Å²) in [5, 5.41) is 5.35. The van der Waals surface area contributed by atoms with Gasteiger partial charge >= 0.3 is 12.2 Å². The Bertz CT molecular complexity index is 2460. The lowest BCUT2D eigenvalue weighted by Gasteiger charge is -2.30. The number of aromatic amines is 1. The fraction of sp³-hybridized carbons (Fsp3) is 0.404. The SMILES string of the molecule is C=C1c2ccc(-c3ccc4c(c3)CC([C@@H]3CCCN3C(=O)[C@@H](NC(=O)OC)C(C)C)=N4)cc2Oc2ccc(-c3cnc([C@@H]4CCCN4C(=O)[C@@H](NC(=O)OC)[C@@H](C)OC)[nH]3)cc21. The number of ether oxygens (including phenoxy) is 4. The average molecular weight is 844 g/mol. The number of nitrogens with zero attached hydrogens (tertiary/aromatic N) is 4.